The van der Waals surface area contributed by atoms with Gasteiger partial charge >= 0.3 is 0 Å². The van der Waals surface area contributed by atoms with Gasteiger partial charge in [0.2, 0.25) is 5.91 Å². The topological polar surface area (TPSA) is 63.7 Å². The normalized spacial score (nSPS) is 23.2. The molecule has 9 heteroatoms. The molecule has 1 aromatic rings. The summed E-state index contributed by atoms with van der Waals surface area (Å²) in [6.45, 7) is 0.633. The Morgan fingerprint density at radius 3 is 2.54 bits per heavy atom. The molecule has 2 aliphatic rings. The Kier molecular flexibility index (Phi) is 5.55. The highest BCUT2D eigenvalue weighted by Crippen LogP contribution is 2.40. The third-order valence-corrected chi connectivity index (χ3v) is 7.87. The van der Waals surface area contributed by atoms with Gasteiger partial charge < -0.3 is 9.64 Å². The van der Waals surface area contributed by atoms with Crippen LogP contribution in [0.5, 0.6) is 0 Å². The van der Waals surface area contributed by atoms with Crippen molar-refractivity contribution in [2.75, 3.05) is 26.0 Å². The molecule has 0 aromatic heterocycles. The van der Waals surface area contributed by atoms with E-state index in [-0.39, 0.29) is 23.2 Å². The number of hydrogen-bond acceptors (Lipinski definition) is 4. The number of morpholine rings is 1. The maximum atomic E-state index is 13.8. The number of hydrogen-bond donors (Lipinski definition) is 0. The van der Waals surface area contributed by atoms with Crippen LogP contribution < -0.4 is 0 Å². The van der Waals surface area contributed by atoms with Crippen molar-refractivity contribution in [3.63, 3.8) is 0 Å². The van der Waals surface area contributed by atoms with Crippen molar-refractivity contribution in [2.45, 2.75) is 36.5 Å². The van der Waals surface area contributed by atoms with E-state index in [4.69, 9.17) is 27.9 Å². The Balaban J connectivity index is 1.87. The van der Waals surface area contributed by atoms with Gasteiger partial charge in [-0.3, -0.25) is 4.79 Å². The molecule has 1 saturated carbocycles. The van der Waals surface area contributed by atoms with E-state index in [1.54, 1.807) is 0 Å². The molecule has 0 radical (unpaired) electrons. The summed E-state index contributed by atoms with van der Waals surface area (Å²) in [6.07, 6.45) is 2.58. The Hall–Kier alpha value is -0.890. The monoisotopic (exact) mass is 423 g/mol. The highest BCUT2D eigenvalue weighted by molar-refractivity contribution is 7.92. The summed E-state index contributed by atoms with van der Waals surface area (Å²) in [6, 6.07) is 2.50. The largest absolute Gasteiger partial charge is 0.370 e. The summed E-state index contributed by atoms with van der Waals surface area (Å²) >= 11 is 11.9. The Morgan fingerprint density at radius 2 is 1.92 bits per heavy atom. The number of carbonyl (C=O) groups excluding carboxylic acids is 1. The van der Waals surface area contributed by atoms with Gasteiger partial charge in [0.15, 0.2) is 14.6 Å². The Bertz CT molecular complexity index is 824. The van der Waals surface area contributed by atoms with Gasteiger partial charge in [-0.15, -0.1) is 0 Å². The minimum absolute atomic E-state index is 0.0931. The molecule has 1 heterocycles. The van der Waals surface area contributed by atoms with Crippen molar-refractivity contribution in [2.24, 2.45) is 0 Å². The lowest BCUT2D eigenvalue weighted by Crippen LogP contribution is -2.55. The molecular formula is C17H20Cl2FNO4S. The fourth-order valence-corrected chi connectivity index (χ4v) is 5.77. The van der Waals surface area contributed by atoms with E-state index in [2.05, 4.69) is 0 Å². The fourth-order valence-electron chi connectivity index (χ4n) is 3.78. The van der Waals surface area contributed by atoms with Crippen LogP contribution in [0.25, 0.3) is 0 Å². The van der Waals surface area contributed by atoms with E-state index in [1.165, 1.54) is 17.0 Å². The molecule has 1 unspecified atom stereocenters. The van der Waals surface area contributed by atoms with Crippen LogP contribution >= 0.6 is 23.2 Å². The van der Waals surface area contributed by atoms with Crippen molar-refractivity contribution in [3.8, 4) is 0 Å². The third kappa shape index (κ3) is 3.46. The maximum Gasteiger partial charge on any atom is 0.244 e. The van der Waals surface area contributed by atoms with Crippen molar-refractivity contribution >= 4 is 38.9 Å². The number of benzene rings is 1. The summed E-state index contributed by atoms with van der Waals surface area (Å²) in [7, 11) is -3.55. The van der Waals surface area contributed by atoms with E-state index in [9.17, 15) is 17.6 Å². The minimum Gasteiger partial charge on any atom is -0.370 e. The highest BCUT2D eigenvalue weighted by Gasteiger charge is 2.52. The minimum atomic E-state index is -3.55. The molecule has 1 atom stereocenters. The highest BCUT2D eigenvalue weighted by atomic mass is 35.5. The molecule has 0 N–H and O–H groups in total. The molecule has 144 valence electrons. The van der Waals surface area contributed by atoms with Crippen LogP contribution in [0.4, 0.5) is 4.39 Å². The predicted octanol–water partition coefficient (Wildman–Crippen LogP) is 3.39. The zero-order valence-electron chi connectivity index (χ0n) is 14.3. The number of amides is 1. The lowest BCUT2D eigenvalue weighted by Gasteiger charge is -2.38. The fraction of sp³-hybridized carbons (Fsp3) is 0.588. The van der Waals surface area contributed by atoms with Crippen LogP contribution in [0.1, 0.15) is 37.4 Å². The zero-order valence-corrected chi connectivity index (χ0v) is 16.6. The predicted molar refractivity (Wildman–Crippen MR) is 97.7 cm³/mol. The van der Waals surface area contributed by atoms with Gasteiger partial charge in [-0.05, 0) is 25.0 Å². The van der Waals surface area contributed by atoms with E-state index in [0.29, 0.717) is 37.8 Å². The molecule has 1 aromatic carbocycles. The molecule has 1 saturated heterocycles. The average molecular weight is 424 g/mol. The van der Waals surface area contributed by atoms with E-state index in [0.717, 1.165) is 6.26 Å². The summed E-state index contributed by atoms with van der Waals surface area (Å²) in [5, 5.41) is 0.152. The Labute approximate surface area is 162 Å². The van der Waals surface area contributed by atoms with Gasteiger partial charge in [0, 0.05) is 23.4 Å². The first-order chi connectivity index (χ1) is 12.2. The first-order valence-corrected chi connectivity index (χ1v) is 11.1. The van der Waals surface area contributed by atoms with Crippen LogP contribution in [0.2, 0.25) is 10.0 Å². The van der Waals surface area contributed by atoms with Crippen LogP contribution in [-0.2, 0) is 19.4 Å². The Morgan fingerprint density at radius 1 is 1.27 bits per heavy atom. The van der Waals surface area contributed by atoms with Gasteiger partial charge in [-0.1, -0.05) is 36.0 Å². The van der Waals surface area contributed by atoms with Gasteiger partial charge in [0.25, 0.3) is 0 Å². The summed E-state index contributed by atoms with van der Waals surface area (Å²) in [5.74, 6) is -1.02. The summed E-state index contributed by atoms with van der Waals surface area (Å²) in [4.78, 5) is 14.6. The number of nitrogens with zero attached hydrogens (tertiary/aromatic N) is 1. The van der Waals surface area contributed by atoms with Crippen molar-refractivity contribution in [1.29, 1.82) is 0 Å². The third-order valence-electron chi connectivity index (χ3n) is 5.25. The van der Waals surface area contributed by atoms with Gasteiger partial charge in [0.1, 0.15) is 11.9 Å². The van der Waals surface area contributed by atoms with Crippen molar-refractivity contribution in [3.05, 3.63) is 33.6 Å². The molecule has 5 nitrogen and oxygen atoms in total. The number of halogens is 3. The van der Waals surface area contributed by atoms with Crippen LogP contribution in [0, 0.1) is 5.82 Å². The standard InChI is InChI=1S/C17H20Cl2FNO4S/c1-26(23,24)17(4-2-3-5-17)16(22)21-6-7-25-15(10-21)11-8-14(20)13(19)9-12(11)18/h8-9,15H,2-7,10H2,1H3. The molecule has 0 spiro atoms. The second-order valence-corrected chi connectivity index (χ2v) is 10.0. The smallest absolute Gasteiger partial charge is 0.244 e. The van der Waals surface area contributed by atoms with Gasteiger partial charge in [0.05, 0.1) is 18.2 Å². The second-order valence-electron chi connectivity index (χ2n) is 6.87. The molecular weight excluding hydrogens is 404 g/mol. The van der Waals surface area contributed by atoms with Crippen molar-refractivity contribution in [1.82, 2.24) is 4.90 Å². The van der Waals surface area contributed by atoms with Gasteiger partial charge in [-0.2, -0.15) is 0 Å². The van der Waals surface area contributed by atoms with Gasteiger partial charge in [-0.25, -0.2) is 12.8 Å². The molecule has 1 amide bonds. The summed E-state index contributed by atoms with van der Waals surface area (Å²) < 4.78 is 42.9. The number of carbonyl (C=O) groups is 1. The van der Waals surface area contributed by atoms with E-state index >= 15 is 0 Å². The molecule has 2 fully saturated rings. The lowest BCUT2D eigenvalue weighted by atomic mass is 10.0. The first kappa shape index (κ1) is 19.9. The zero-order chi connectivity index (χ0) is 19.1. The molecule has 1 aliphatic carbocycles. The number of sulfone groups is 1. The molecule has 1 aliphatic heterocycles. The van der Waals surface area contributed by atoms with E-state index < -0.39 is 32.4 Å². The second kappa shape index (κ2) is 7.26. The lowest BCUT2D eigenvalue weighted by molar-refractivity contribution is -0.141. The SMILES string of the molecule is CS(=O)(=O)C1(C(=O)N2CCOC(c3cc(F)c(Cl)cc3Cl)C2)CCCC1. The van der Waals surface area contributed by atoms with Crippen molar-refractivity contribution < 1.29 is 22.3 Å². The number of rotatable bonds is 3. The maximum absolute atomic E-state index is 13.8. The molecule has 3 rings (SSSR count). The van der Waals surface area contributed by atoms with Crippen LogP contribution in [0.3, 0.4) is 0 Å². The quantitative estimate of drug-likeness (QED) is 0.698. The van der Waals surface area contributed by atoms with E-state index in [1.807, 2.05) is 0 Å². The molecule has 26 heavy (non-hydrogen) atoms. The average Bonchev–Trinajstić information content (AvgIpc) is 3.08. The van der Waals surface area contributed by atoms with Crippen LogP contribution in [0.15, 0.2) is 12.1 Å². The van der Waals surface area contributed by atoms with Crippen LogP contribution in [-0.4, -0.2) is 49.9 Å². The number of ether oxygens (including phenoxy) is 1. The summed E-state index contributed by atoms with van der Waals surface area (Å²) in [5.41, 5.74) is 0.394. The first-order valence-electron chi connectivity index (χ1n) is 8.41. The molecule has 0 bridgehead atoms.